The zero-order valence-electron chi connectivity index (χ0n) is 12.3. The van der Waals surface area contributed by atoms with Crippen LogP contribution in [-0.2, 0) is 0 Å². The molecule has 1 unspecified atom stereocenters. The largest absolute Gasteiger partial charge is 0.464 e. The lowest BCUT2D eigenvalue weighted by Gasteiger charge is -2.19. The Hall–Kier alpha value is -1.92. The fourth-order valence-electron chi connectivity index (χ4n) is 2.13. The molecule has 0 radical (unpaired) electrons. The van der Waals surface area contributed by atoms with Gasteiger partial charge in [0.25, 0.3) is 0 Å². The third-order valence-corrected chi connectivity index (χ3v) is 5.40. The molecule has 0 spiro atoms. The number of benzene rings is 3. The second-order valence-electron chi connectivity index (χ2n) is 4.72. The van der Waals surface area contributed by atoms with Crippen molar-refractivity contribution >= 4 is 27.8 Å². The molecule has 0 amide bonds. The first kappa shape index (κ1) is 16.0. The van der Waals surface area contributed by atoms with Gasteiger partial charge < -0.3 is 13.9 Å². The maximum Gasteiger partial charge on any atom is 0.212 e. The molecular weight excluding hydrogens is 326 g/mol. The van der Waals surface area contributed by atoms with Gasteiger partial charge in [0, 0.05) is 16.7 Å². The summed E-state index contributed by atoms with van der Waals surface area (Å²) in [6.07, 6.45) is 0. The molecule has 3 aromatic rings. The van der Waals surface area contributed by atoms with E-state index in [0.717, 1.165) is 16.4 Å². The predicted molar refractivity (Wildman–Crippen MR) is 97.3 cm³/mol. The zero-order valence-corrected chi connectivity index (χ0v) is 14.2. The summed E-state index contributed by atoms with van der Waals surface area (Å²) in [5, 5.41) is 2.29. The molecule has 116 valence electrons. The van der Waals surface area contributed by atoms with Crippen LogP contribution in [0.5, 0.6) is 11.5 Å². The average molecular weight is 342 g/mol. The number of rotatable bonds is 6. The minimum Gasteiger partial charge on any atom is -0.464 e. The highest BCUT2D eigenvalue weighted by molar-refractivity contribution is 7.68. The van der Waals surface area contributed by atoms with Gasteiger partial charge in [0.2, 0.25) is 9.03 Å². The van der Waals surface area contributed by atoms with Gasteiger partial charge in [-0.3, -0.25) is 0 Å². The first-order valence-corrected chi connectivity index (χ1v) is 9.22. The molecule has 3 aromatic carbocycles. The molecule has 0 fully saturated rings. The molecule has 0 bridgehead atoms. The lowest BCUT2D eigenvalue weighted by molar-refractivity contribution is 0.512. The van der Waals surface area contributed by atoms with Crippen LogP contribution in [0.15, 0.2) is 84.9 Å². The standard InChI is InChI=1S/C18H16O3P2/c19-22-20-15-8-7-9-16(14-15)21-23(17-10-3-1-4-11-17)18-12-5-2-6-13-18/h1-14,19,22H. The third-order valence-electron chi connectivity index (χ3n) is 3.15. The van der Waals surface area contributed by atoms with Crippen LogP contribution < -0.4 is 19.7 Å². The Kier molecular flexibility index (Phi) is 5.60. The van der Waals surface area contributed by atoms with Crippen molar-refractivity contribution in [3.05, 3.63) is 84.9 Å². The molecule has 0 aliphatic heterocycles. The molecule has 0 saturated carbocycles. The Morgan fingerprint density at radius 2 is 1.26 bits per heavy atom. The van der Waals surface area contributed by atoms with Gasteiger partial charge in [-0.2, -0.15) is 0 Å². The first-order chi connectivity index (χ1) is 11.4. The number of hydrogen-bond donors (Lipinski definition) is 1. The van der Waals surface area contributed by atoms with Crippen LogP contribution in [-0.4, -0.2) is 4.89 Å². The molecular formula is C18H16O3P2. The van der Waals surface area contributed by atoms with Gasteiger partial charge in [0.15, 0.2) is 8.15 Å². The van der Waals surface area contributed by atoms with E-state index in [1.807, 2.05) is 48.5 Å². The Morgan fingerprint density at radius 1 is 0.696 bits per heavy atom. The fraction of sp³-hybridized carbons (Fsp3) is 0. The van der Waals surface area contributed by atoms with Gasteiger partial charge in [0.05, 0.1) is 0 Å². The Labute approximate surface area is 138 Å². The first-order valence-electron chi connectivity index (χ1n) is 7.11. The summed E-state index contributed by atoms with van der Waals surface area (Å²) in [5.74, 6) is 1.32. The maximum atomic E-state index is 8.92. The van der Waals surface area contributed by atoms with Crippen molar-refractivity contribution < 1.29 is 13.9 Å². The summed E-state index contributed by atoms with van der Waals surface area (Å²) >= 11 is 0. The van der Waals surface area contributed by atoms with E-state index in [2.05, 4.69) is 24.3 Å². The van der Waals surface area contributed by atoms with E-state index < -0.39 is 17.2 Å². The van der Waals surface area contributed by atoms with Crippen LogP contribution in [0.1, 0.15) is 0 Å². The normalized spacial score (nSPS) is 11.0. The highest BCUT2D eigenvalue weighted by Crippen LogP contribution is 2.37. The van der Waals surface area contributed by atoms with E-state index in [1.165, 1.54) is 0 Å². The Morgan fingerprint density at radius 3 is 1.83 bits per heavy atom. The van der Waals surface area contributed by atoms with Crippen LogP contribution in [0.25, 0.3) is 0 Å². The van der Waals surface area contributed by atoms with E-state index in [-0.39, 0.29) is 0 Å². The Balaban J connectivity index is 1.92. The fourth-order valence-corrected chi connectivity index (χ4v) is 4.09. The van der Waals surface area contributed by atoms with Crippen molar-refractivity contribution in [3.8, 4) is 11.5 Å². The third kappa shape index (κ3) is 4.30. The number of hydrogen-bond acceptors (Lipinski definition) is 3. The summed E-state index contributed by atoms with van der Waals surface area (Å²) in [4.78, 5) is 8.92. The van der Waals surface area contributed by atoms with Crippen LogP contribution in [0.2, 0.25) is 0 Å². The summed E-state index contributed by atoms with van der Waals surface area (Å²) < 4.78 is 11.4. The van der Waals surface area contributed by atoms with Gasteiger partial charge in [-0.1, -0.05) is 66.7 Å². The molecule has 0 aliphatic carbocycles. The summed E-state index contributed by atoms with van der Waals surface area (Å²) in [5.41, 5.74) is 0. The van der Waals surface area contributed by atoms with E-state index in [4.69, 9.17) is 13.9 Å². The minimum atomic E-state index is -0.965. The van der Waals surface area contributed by atoms with E-state index in [9.17, 15) is 0 Å². The van der Waals surface area contributed by atoms with E-state index in [1.54, 1.807) is 12.1 Å². The molecule has 5 heteroatoms. The minimum absolute atomic E-state index is 0.577. The molecule has 1 N–H and O–H groups in total. The maximum absolute atomic E-state index is 8.92. The Bertz CT molecular complexity index is 696. The molecule has 23 heavy (non-hydrogen) atoms. The quantitative estimate of drug-likeness (QED) is 0.689. The van der Waals surface area contributed by atoms with Crippen LogP contribution in [0, 0.1) is 0 Å². The van der Waals surface area contributed by atoms with Crippen molar-refractivity contribution in [2.45, 2.75) is 0 Å². The van der Waals surface area contributed by atoms with E-state index in [0.29, 0.717) is 5.75 Å². The zero-order chi connectivity index (χ0) is 15.9. The SMILES string of the molecule is OPOc1cccc(OP(c2ccccc2)c2ccccc2)c1. The molecule has 0 aliphatic rings. The smallest absolute Gasteiger partial charge is 0.212 e. The van der Waals surface area contributed by atoms with Crippen LogP contribution >= 0.6 is 17.2 Å². The van der Waals surface area contributed by atoms with Gasteiger partial charge in [-0.25, -0.2) is 0 Å². The van der Waals surface area contributed by atoms with Crippen molar-refractivity contribution in [3.63, 3.8) is 0 Å². The second-order valence-corrected chi connectivity index (χ2v) is 6.92. The van der Waals surface area contributed by atoms with Gasteiger partial charge >= 0.3 is 0 Å². The summed E-state index contributed by atoms with van der Waals surface area (Å²) in [6.45, 7) is 0. The summed E-state index contributed by atoms with van der Waals surface area (Å²) in [6, 6.07) is 27.7. The van der Waals surface area contributed by atoms with Crippen molar-refractivity contribution in [2.24, 2.45) is 0 Å². The van der Waals surface area contributed by atoms with Crippen molar-refractivity contribution in [2.75, 3.05) is 0 Å². The second kappa shape index (κ2) is 8.08. The van der Waals surface area contributed by atoms with Crippen LogP contribution in [0.4, 0.5) is 0 Å². The molecule has 0 aromatic heterocycles. The van der Waals surface area contributed by atoms with E-state index >= 15 is 0 Å². The van der Waals surface area contributed by atoms with Gasteiger partial charge in [-0.05, 0) is 12.1 Å². The monoisotopic (exact) mass is 342 g/mol. The molecule has 0 saturated heterocycles. The van der Waals surface area contributed by atoms with Crippen molar-refractivity contribution in [1.29, 1.82) is 0 Å². The van der Waals surface area contributed by atoms with Gasteiger partial charge in [0.1, 0.15) is 11.5 Å². The molecule has 3 nitrogen and oxygen atoms in total. The lowest BCUT2D eigenvalue weighted by atomic mass is 10.3. The lowest BCUT2D eigenvalue weighted by Crippen LogP contribution is -2.15. The summed E-state index contributed by atoms with van der Waals surface area (Å²) in [7, 11) is -1.54. The topological polar surface area (TPSA) is 38.7 Å². The highest BCUT2D eigenvalue weighted by Gasteiger charge is 2.16. The van der Waals surface area contributed by atoms with Crippen molar-refractivity contribution in [1.82, 2.24) is 0 Å². The van der Waals surface area contributed by atoms with Gasteiger partial charge in [-0.15, -0.1) is 0 Å². The molecule has 0 heterocycles. The molecule has 3 rings (SSSR count). The predicted octanol–water partition coefficient (Wildman–Crippen LogP) is 3.99. The average Bonchev–Trinajstić information content (AvgIpc) is 2.62. The highest BCUT2D eigenvalue weighted by atomic mass is 31.1. The van der Waals surface area contributed by atoms with Crippen LogP contribution in [0.3, 0.4) is 0 Å². The molecule has 1 atom stereocenters.